The first kappa shape index (κ1) is 39.4. The minimum Gasteiger partial charge on any atom is -0.508 e. The van der Waals surface area contributed by atoms with E-state index in [4.69, 9.17) is 19.0 Å². The van der Waals surface area contributed by atoms with Gasteiger partial charge in [-0.1, -0.05) is 94.1 Å². The van der Waals surface area contributed by atoms with Crippen LogP contribution in [0.15, 0.2) is 54.6 Å². The Morgan fingerprint density at radius 1 is 0.982 bits per heavy atom. The number of likely N-dealkylation sites (tertiary alicyclic amines) is 1. The quantitative estimate of drug-likeness (QED) is 0.146. The molecule has 7 rings (SSSR count). The third-order valence-electron chi connectivity index (χ3n) is 12.2. The van der Waals surface area contributed by atoms with Gasteiger partial charge in [-0.05, 0) is 54.9 Å². The van der Waals surface area contributed by atoms with Gasteiger partial charge >= 0.3 is 5.97 Å². The summed E-state index contributed by atoms with van der Waals surface area (Å²) in [5, 5.41) is 23.9. The molecule has 1 aliphatic carbocycles. The van der Waals surface area contributed by atoms with Crippen molar-refractivity contribution in [1.82, 2.24) is 15.3 Å². The normalized spacial score (nSPS) is 29.4. The number of aliphatic hydroxyl groups excluding tert-OH is 1. The van der Waals surface area contributed by atoms with E-state index in [1.165, 1.54) is 0 Å². The van der Waals surface area contributed by atoms with Crippen molar-refractivity contribution in [2.24, 2.45) is 5.41 Å². The third kappa shape index (κ3) is 7.81. The Hall–Kier alpha value is -3.81. The predicted octanol–water partition coefficient (Wildman–Crippen LogP) is 5.19. The average Bonchev–Trinajstić information content (AvgIpc) is 3.91. The summed E-state index contributed by atoms with van der Waals surface area (Å²) in [4.78, 5) is 51.3. The number of phenolic OH excluding ortho intramolecular Hbond substituents is 1. The van der Waals surface area contributed by atoms with E-state index in [0.29, 0.717) is 38.6 Å². The van der Waals surface area contributed by atoms with Crippen LogP contribution < -0.4 is 5.32 Å². The van der Waals surface area contributed by atoms with Crippen LogP contribution in [0.25, 0.3) is 6.08 Å². The molecule has 0 radical (unpaired) electrons. The Kier molecular flexibility index (Phi) is 12.3. The average molecular weight is 760 g/mol. The van der Waals surface area contributed by atoms with Crippen LogP contribution in [0.2, 0.25) is 0 Å². The molecule has 2 aromatic rings. The molecule has 0 spiro atoms. The number of hydrogen-bond donors (Lipinski definition) is 3. The van der Waals surface area contributed by atoms with Gasteiger partial charge in [0.2, 0.25) is 11.8 Å². The number of carbonyl (C=O) groups is 3. The number of carbonyl (C=O) groups excluding carboxylic acids is 3. The molecule has 298 valence electrons. The zero-order valence-electron chi connectivity index (χ0n) is 32.2. The number of ether oxygens (including phenoxy) is 3. The molecule has 1 saturated carbocycles. The van der Waals surface area contributed by atoms with Gasteiger partial charge in [0.1, 0.15) is 41.6 Å². The van der Waals surface area contributed by atoms with Gasteiger partial charge in [0.25, 0.3) is 0 Å². The smallest absolute Gasteiger partial charge is 0.327 e. The van der Waals surface area contributed by atoms with Crippen molar-refractivity contribution >= 4 is 23.9 Å². The van der Waals surface area contributed by atoms with Crippen molar-refractivity contribution in [2.45, 2.75) is 140 Å². The Balaban J connectivity index is 1.18. The van der Waals surface area contributed by atoms with Crippen molar-refractivity contribution in [2.75, 3.05) is 19.7 Å². The topological polar surface area (TPSA) is 147 Å². The highest BCUT2D eigenvalue weighted by Crippen LogP contribution is 2.59. The number of para-hydroxylation sites is 1. The fourth-order valence-electron chi connectivity index (χ4n) is 9.44. The van der Waals surface area contributed by atoms with Crippen molar-refractivity contribution < 1.29 is 43.6 Å². The van der Waals surface area contributed by atoms with E-state index in [2.05, 4.69) is 19.2 Å². The molecule has 55 heavy (non-hydrogen) atoms. The van der Waals surface area contributed by atoms with E-state index < -0.39 is 53.7 Å². The van der Waals surface area contributed by atoms with Crippen LogP contribution in [0, 0.1) is 5.41 Å². The highest BCUT2D eigenvalue weighted by atomic mass is 16.8. The number of allylic oxidation sites excluding steroid dienone is 1. The monoisotopic (exact) mass is 759 g/mol. The molecule has 4 saturated heterocycles. The molecular weight excluding hydrogens is 702 g/mol. The molecular formula is C43H57N3O9. The van der Waals surface area contributed by atoms with Crippen molar-refractivity contribution in [1.29, 1.82) is 0 Å². The maximum Gasteiger partial charge on any atom is 0.327 e. The SMILES string of the molecule is CCCCCC1(CCCCC)O[C@@H]2[C@H](O1)[C@H]1ON(Cc3ccc(C=CCc4ccccc4O)cc3)[C@H]3C(=O)O[C@@H]2C[C@@]13C(=O)N1CCC[C@@H]1C(=O)NCCO. The number of phenols is 1. The summed E-state index contributed by atoms with van der Waals surface area (Å²) in [5.41, 5.74) is 1.34. The van der Waals surface area contributed by atoms with Gasteiger partial charge in [0.05, 0.1) is 13.2 Å². The molecule has 5 fully saturated rings. The second-order valence-corrected chi connectivity index (χ2v) is 15.9. The molecule has 7 atom stereocenters. The number of nitrogens with zero attached hydrogens (tertiary/aromatic N) is 2. The fourth-order valence-corrected chi connectivity index (χ4v) is 9.44. The van der Waals surface area contributed by atoms with E-state index in [9.17, 15) is 19.8 Å². The van der Waals surface area contributed by atoms with E-state index in [1.807, 2.05) is 48.6 Å². The summed E-state index contributed by atoms with van der Waals surface area (Å²) in [6, 6.07) is 13.4. The number of unbranched alkanes of at least 4 members (excludes halogenated alkanes) is 4. The summed E-state index contributed by atoms with van der Waals surface area (Å²) in [6.45, 7) is 4.81. The van der Waals surface area contributed by atoms with Gasteiger partial charge in [0.15, 0.2) is 11.8 Å². The summed E-state index contributed by atoms with van der Waals surface area (Å²) in [6.07, 6.45) is 10.6. The first-order valence-corrected chi connectivity index (χ1v) is 20.4. The largest absolute Gasteiger partial charge is 0.508 e. The number of aromatic hydroxyl groups is 1. The molecule has 2 amide bonds. The van der Waals surface area contributed by atoms with Gasteiger partial charge in [-0.15, -0.1) is 0 Å². The molecule has 4 aliphatic heterocycles. The number of fused-ring (bicyclic) bond motifs is 4. The van der Waals surface area contributed by atoms with E-state index in [0.717, 1.165) is 55.2 Å². The first-order valence-electron chi connectivity index (χ1n) is 20.4. The second kappa shape index (κ2) is 17.1. The molecule has 4 heterocycles. The van der Waals surface area contributed by atoms with Gasteiger partial charge in [0, 0.05) is 32.4 Å². The lowest BCUT2D eigenvalue weighted by Crippen LogP contribution is -2.70. The predicted molar refractivity (Wildman–Crippen MR) is 204 cm³/mol. The Bertz CT molecular complexity index is 1690. The lowest BCUT2D eigenvalue weighted by Gasteiger charge is -2.50. The molecule has 2 aromatic carbocycles. The van der Waals surface area contributed by atoms with Crippen LogP contribution in [-0.2, 0) is 46.4 Å². The van der Waals surface area contributed by atoms with Crippen LogP contribution in [0.3, 0.4) is 0 Å². The van der Waals surface area contributed by atoms with Gasteiger partial charge in [-0.2, -0.15) is 5.06 Å². The number of rotatable bonds is 17. The number of hydrogen-bond acceptors (Lipinski definition) is 10. The fraction of sp³-hybridized carbons (Fsp3) is 0.605. The minimum atomic E-state index is -1.36. The Morgan fingerprint density at radius 2 is 1.71 bits per heavy atom. The number of hydroxylamine groups is 2. The molecule has 0 unspecified atom stereocenters. The lowest BCUT2D eigenvalue weighted by atomic mass is 9.62. The maximum absolute atomic E-state index is 15.2. The van der Waals surface area contributed by atoms with Crippen molar-refractivity contribution in [3.05, 3.63) is 71.3 Å². The summed E-state index contributed by atoms with van der Waals surface area (Å²) in [7, 11) is 0. The summed E-state index contributed by atoms with van der Waals surface area (Å²) >= 11 is 0. The molecule has 12 nitrogen and oxygen atoms in total. The molecule has 0 aromatic heterocycles. The minimum absolute atomic E-state index is 0.0946. The van der Waals surface area contributed by atoms with Crippen LogP contribution in [0.4, 0.5) is 0 Å². The highest BCUT2D eigenvalue weighted by molar-refractivity contribution is 5.96. The zero-order chi connectivity index (χ0) is 38.6. The number of nitrogens with one attached hydrogen (secondary N) is 1. The van der Waals surface area contributed by atoms with E-state index in [-0.39, 0.29) is 43.7 Å². The first-order chi connectivity index (χ1) is 26.7. The maximum atomic E-state index is 15.2. The summed E-state index contributed by atoms with van der Waals surface area (Å²) < 4.78 is 20.1. The number of amides is 2. The van der Waals surface area contributed by atoms with Gasteiger partial charge in [-0.3, -0.25) is 19.2 Å². The zero-order valence-corrected chi connectivity index (χ0v) is 32.2. The number of aliphatic hydroxyl groups is 1. The van der Waals surface area contributed by atoms with Crippen LogP contribution >= 0.6 is 0 Å². The number of benzene rings is 2. The lowest BCUT2D eigenvalue weighted by molar-refractivity contribution is -0.225. The van der Waals surface area contributed by atoms with E-state index in [1.54, 1.807) is 22.1 Å². The van der Waals surface area contributed by atoms with Gasteiger partial charge in [-0.25, -0.2) is 0 Å². The molecule has 5 aliphatic rings. The highest BCUT2D eigenvalue weighted by Gasteiger charge is 2.77. The second-order valence-electron chi connectivity index (χ2n) is 15.9. The van der Waals surface area contributed by atoms with Crippen LogP contribution in [0.5, 0.6) is 5.75 Å². The van der Waals surface area contributed by atoms with Crippen LogP contribution in [0.1, 0.15) is 101 Å². The van der Waals surface area contributed by atoms with Crippen molar-refractivity contribution in [3.63, 3.8) is 0 Å². The van der Waals surface area contributed by atoms with Gasteiger partial charge < -0.3 is 34.6 Å². The van der Waals surface area contributed by atoms with Crippen molar-refractivity contribution in [3.8, 4) is 5.75 Å². The third-order valence-corrected chi connectivity index (χ3v) is 12.2. The molecule has 2 bridgehead atoms. The number of esters is 1. The Labute approximate surface area is 324 Å². The van der Waals surface area contributed by atoms with Crippen LogP contribution in [-0.4, -0.2) is 99.9 Å². The standard InChI is InChI=1S/C43H57N3O9/c1-3-5-9-22-42(23-10-6-4-2)53-35-34-27-43(41(51)45-25-12-16-32(45)39(49)44-24-26-47)37(40(50)52-34)46(55-38(43)36(35)54-42)28-30-20-18-29(19-21-30)13-11-15-31-14-7-8-17-33(31)48/h7-8,11,13-14,17-21,32,34-38,47-48H,3-6,9-10,12,15-16,22-28H2,1-2H3,(H,44,49)/t32-,34-,35+,36+,37+,38-,43+/m1/s1. The summed E-state index contributed by atoms with van der Waals surface area (Å²) in [5.74, 6) is -1.75. The molecule has 12 heteroatoms. The molecule has 3 N–H and O–H groups in total. The Morgan fingerprint density at radius 3 is 2.42 bits per heavy atom. The van der Waals surface area contributed by atoms with E-state index >= 15 is 4.79 Å².